The van der Waals surface area contributed by atoms with Crippen LogP contribution in [0.25, 0.3) is 0 Å². The van der Waals surface area contributed by atoms with Gasteiger partial charge in [0.1, 0.15) is 5.75 Å². The molecular formula is C13H21NO2. The minimum atomic E-state index is 0.268. The van der Waals surface area contributed by atoms with Gasteiger partial charge in [0, 0.05) is 18.8 Å². The number of unbranched alkanes of at least 4 members (excludes halogenated alkanes) is 1. The topological polar surface area (TPSA) is 41.5 Å². The molecule has 0 bridgehead atoms. The summed E-state index contributed by atoms with van der Waals surface area (Å²) in [7, 11) is 0. The summed E-state index contributed by atoms with van der Waals surface area (Å²) in [5, 5.41) is 12.0. The fourth-order valence-electron chi connectivity index (χ4n) is 1.55. The second-order valence-electron chi connectivity index (χ2n) is 3.77. The molecule has 3 heteroatoms. The molecule has 90 valence electrons. The molecule has 0 fully saturated rings. The monoisotopic (exact) mass is 223 g/mol. The zero-order valence-corrected chi connectivity index (χ0v) is 10.1. The second-order valence-corrected chi connectivity index (χ2v) is 3.77. The molecule has 0 aliphatic heterocycles. The molecule has 0 saturated heterocycles. The van der Waals surface area contributed by atoms with Crippen molar-refractivity contribution in [2.75, 3.05) is 25.1 Å². The molecule has 0 amide bonds. The van der Waals surface area contributed by atoms with E-state index in [9.17, 15) is 0 Å². The van der Waals surface area contributed by atoms with Gasteiger partial charge < -0.3 is 15.2 Å². The first-order valence-corrected chi connectivity index (χ1v) is 5.86. The van der Waals surface area contributed by atoms with Crippen LogP contribution in [-0.4, -0.2) is 24.9 Å². The molecule has 1 rings (SSSR count). The number of hydrogen-bond donors (Lipinski definition) is 2. The number of ether oxygens (including phenoxy) is 1. The van der Waals surface area contributed by atoms with E-state index in [2.05, 4.69) is 11.4 Å². The summed E-state index contributed by atoms with van der Waals surface area (Å²) >= 11 is 0. The van der Waals surface area contributed by atoms with Gasteiger partial charge >= 0.3 is 0 Å². The van der Waals surface area contributed by atoms with E-state index in [1.807, 2.05) is 26.0 Å². The zero-order chi connectivity index (χ0) is 11.8. The lowest BCUT2D eigenvalue weighted by Gasteiger charge is -2.10. The number of hydrogen-bond acceptors (Lipinski definition) is 3. The summed E-state index contributed by atoms with van der Waals surface area (Å²) < 4.78 is 5.47. The van der Waals surface area contributed by atoms with Crippen molar-refractivity contribution in [1.82, 2.24) is 0 Å². The predicted molar refractivity (Wildman–Crippen MR) is 67.2 cm³/mol. The van der Waals surface area contributed by atoms with Crippen LogP contribution in [0.4, 0.5) is 5.69 Å². The maximum Gasteiger partial charge on any atom is 0.122 e. The van der Waals surface area contributed by atoms with Gasteiger partial charge in [0.05, 0.1) is 6.61 Å². The second kappa shape index (κ2) is 7.12. The van der Waals surface area contributed by atoms with E-state index < -0.39 is 0 Å². The van der Waals surface area contributed by atoms with Crippen LogP contribution in [0.1, 0.15) is 25.3 Å². The Balaban J connectivity index is 2.46. The van der Waals surface area contributed by atoms with Crippen molar-refractivity contribution in [2.45, 2.75) is 26.7 Å². The first kappa shape index (κ1) is 12.8. The smallest absolute Gasteiger partial charge is 0.122 e. The first-order chi connectivity index (χ1) is 7.77. The van der Waals surface area contributed by atoms with Crippen molar-refractivity contribution in [3.8, 4) is 5.75 Å². The predicted octanol–water partition coefficient (Wildman–Crippen LogP) is 2.58. The summed E-state index contributed by atoms with van der Waals surface area (Å²) in [5.41, 5.74) is 2.26. The molecule has 16 heavy (non-hydrogen) atoms. The Kier molecular flexibility index (Phi) is 5.72. The molecule has 1 aromatic rings. The van der Waals surface area contributed by atoms with Crippen LogP contribution in [0, 0.1) is 6.92 Å². The van der Waals surface area contributed by atoms with E-state index >= 15 is 0 Å². The molecule has 0 aromatic heterocycles. The standard InChI is InChI=1S/C13H21NO2/c1-3-16-13-7-6-12(10-11(13)2)14-8-4-5-9-15/h6-7,10,14-15H,3-5,8-9H2,1-2H3. The Hall–Kier alpha value is -1.22. The largest absolute Gasteiger partial charge is 0.494 e. The molecule has 2 N–H and O–H groups in total. The van der Waals surface area contributed by atoms with Gasteiger partial charge in [-0.25, -0.2) is 0 Å². The molecule has 0 aliphatic carbocycles. The maximum absolute atomic E-state index is 8.66. The van der Waals surface area contributed by atoms with Crippen molar-refractivity contribution >= 4 is 5.69 Å². The highest BCUT2D eigenvalue weighted by atomic mass is 16.5. The van der Waals surface area contributed by atoms with Crippen LogP contribution in [0.5, 0.6) is 5.75 Å². The molecular weight excluding hydrogens is 202 g/mol. The maximum atomic E-state index is 8.66. The van der Waals surface area contributed by atoms with Crippen LogP contribution in [0.15, 0.2) is 18.2 Å². The third kappa shape index (κ3) is 4.11. The summed E-state index contributed by atoms with van der Waals surface area (Å²) in [5.74, 6) is 0.948. The third-order valence-corrected chi connectivity index (χ3v) is 2.39. The molecule has 0 spiro atoms. The van der Waals surface area contributed by atoms with E-state index in [0.29, 0.717) is 6.61 Å². The number of aliphatic hydroxyl groups is 1. The Bertz CT molecular complexity index is 313. The Morgan fingerprint density at radius 1 is 1.31 bits per heavy atom. The highest BCUT2D eigenvalue weighted by Gasteiger charge is 1.99. The lowest BCUT2D eigenvalue weighted by Crippen LogP contribution is -2.03. The summed E-state index contributed by atoms with van der Waals surface area (Å²) in [6, 6.07) is 6.11. The molecule has 1 aromatic carbocycles. The quantitative estimate of drug-likeness (QED) is 0.698. The van der Waals surface area contributed by atoms with E-state index in [0.717, 1.165) is 36.4 Å². The summed E-state index contributed by atoms with van der Waals surface area (Å²) in [4.78, 5) is 0. The van der Waals surface area contributed by atoms with Crippen LogP contribution in [0.2, 0.25) is 0 Å². The van der Waals surface area contributed by atoms with Crippen LogP contribution in [-0.2, 0) is 0 Å². The highest BCUT2D eigenvalue weighted by molar-refractivity contribution is 5.50. The average Bonchev–Trinajstić information content (AvgIpc) is 2.28. The van der Waals surface area contributed by atoms with E-state index in [1.165, 1.54) is 0 Å². The van der Waals surface area contributed by atoms with Crippen molar-refractivity contribution in [2.24, 2.45) is 0 Å². The molecule has 0 radical (unpaired) electrons. The van der Waals surface area contributed by atoms with Crippen LogP contribution < -0.4 is 10.1 Å². The molecule has 0 aliphatic rings. The van der Waals surface area contributed by atoms with Gasteiger partial charge in [0.25, 0.3) is 0 Å². The molecule has 0 saturated carbocycles. The molecule has 0 unspecified atom stereocenters. The lowest BCUT2D eigenvalue weighted by atomic mass is 10.2. The summed E-state index contributed by atoms with van der Waals surface area (Å²) in [6.07, 6.45) is 1.84. The van der Waals surface area contributed by atoms with Gasteiger partial charge in [-0.3, -0.25) is 0 Å². The number of aryl methyl sites for hydroxylation is 1. The fourth-order valence-corrected chi connectivity index (χ4v) is 1.55. The normalized spacial score (nSPS) is 10.2. The third-order valence-electron chi connectivity index (χ3n) is 2.39. The van der Waals surface area contributed by atoms with Gasteiger partial charge in [0.2, 0.25) is 0 Å². The summed E-state index contributed by atoms with van der Waals surface area (Å²) in [6.45, 7) is 5.90. The van der Waals surface area contributed by atoms with E-state index in [4.69, 9.17) is 9.84 Å². The average molecular weight is 223 g/mol. The minimum Gasteiger partial charge on any atom is -0.494 e. The number of aliphatic hydroxyl groups excluding tert-OH is 1. The lowest BCUT2D eigenvalue weighted by molar-refractivity contribution is 0.286. The number of anilines is 1. The fraction of sp³-hybridized carbons (Fsp3) is 0.538. The SMILES string of the molecule is CCOc1ccc(NCCCCO)cc1C. The van der Waals surface area contributed by atoms with E-state index in [-0.39, 0.29) is 6.61 Å². The highest BCUT2D eigenvalue weighted by Crippen LogP contribution is 2.21. The Labute approximate surface area is 97.4 Å². The molecule has 0 heterocycles. The minimum absolute atomic E-state index is 0.268. The van der Waals surface area contributed by atoms with Crippen LogP contribution >= 0.6 is 0 Å². The van der Waals surface area contributed by atoms with E-state index in [1.54, 1.807) is 0 Å². The first-order valence-electron chi connectivity index (χ1n) is 5.86. The van der Waals surface area contributed by atoms with Crippen LogP contribution in [0.3, 0.4) is 0 Å². The van der Waals surface area contributed by atoms with Gasteiger partial charge in [-0.15, -0.1) is 0 Å². The number of rotatable bonds is 7. The zero-order valence-electron chi connectivity index (χ0n) is 10.1. The van der Waals surface area contributed by atoms with Gasteiger partial charge in [-0.1, -0.05) is 0 Å². The van der Waals surface area contributed by atoms with Crippen molar-refractivity contribution in [3.05, 3.63) is 23.8 Å². The van der Waals surface area contributed by atoms with Gasteiger partial charge in [-0.05, 0) is 50.5 Å². The number of nitrogens with one attached hydrogen (secondary N) is 1. The molecule has 3 nitrogen and oxygen atoms in total. The number of benzene rings is 1. The van der Waals surface area contributed by atoms with Crippen molar-refractivity contribution in [3.63, 3.8) is 0 Å². The van der Waals surface area contributed by atoms with Crippen molar-refractivity contribution in [1.29, 1.82) is 0 Å². The van der Waals surface area contributed by atoms with Gasteiger partial charge in [0.15, 0.2) is 0 Å². The van der Waals surface area contributed by atoms with Crippen molar-refractivity contribution < 1.29 is 9.84 Å². The van der Waals surface area contributed by atoms with Gasteiger partial charge in [-0.2, -0.15) is 0 Å². The molecule has 0 atom stereocenters. The Morgan fingerprint density at radius 2 is 2.12 bits per heavy atom. The Morgan fingerprint density at radius 3 is 2.75 bits per heavy atom.